The second kappa shape index (κ2) is 6.56. The first-order valence-corrected chi connectivity index (χ1v) is 8.17. The number of ketones is 1. The van der Waals surface area contributed by atoms with Crippen molar-refractivity contribution >= 4 is 28.2 Å². The summed E-state index contributed by atoms with van der Waals surface area (Å²) in [5.41, 5.74) is 0.162. The van der Waals surface area contributed by atoms with Crippen LogP contribution >= 0.6 is 11.3 Å². The molecular weight excluding hydrogens is 288 g/mol. The molecule has 0 saturated carbocycles. The van der Waals surface area contributed by atoms with E-state index in [9.17, 15) is 9.59 Å². The zero-order valence-electron chi connectivity index (χ0n) is 13.0. The van der Waals surface area contributed by atoms with E-state index in [1.807, 2.05) is 0 Å². The number of piperidine rings is 1. The number of ether oxygens (including phenoxy) is 1. The molecule has 0 spiro atoms. The first kappa shape index (κ1) is 15.9. The molecule has 0 aliphatic carbocycles. The van der Waals surface area contributed by atoms with E-state index in [-0.39, 0.29) is 18.1 Å². The van der Waals surface area contributed by atoms with Gasteiger partial charge >= 0.3 is 5.97 Å². The summed E-state index contributed by atoms with van der Waals surface area (Å²) in [4.78, 5) is 30.7. The number of Topliss-reactive ketones (excluding diaryl/α,β-unsaturated/α-hetero) is 1. The number of hydrogen-bond acceptors (Lipinski definition) is 6. The molecule has 1 aromatic heterocycles. The van der Waals surface area contributed by atoms with E-state index in [0.717, 1.165) is 18.2 Å². The van der Waals surface area contributed by atoms with E-state index < -0.39 is 5.97 Å². The molecule has 2 heterocycles. The molecule has 2 unspecified atom stereocenters. The van der Waals surface area contributed by atoms with Gasteiger partial charge in [-0.25, -0.2) is 9.78 Å². The Morgan fingerprint density at radius 1 is 1.33 bits per heavy atom. The van der Waals surface area contributed by atoms with Crippen molar-refractivity contribution < 1.29 is 14.3 Å². The molecule has 0 aromatic carbocycles. The van der Waals surface area contributed by atoms with Crippen LogP contribution in [0.1, 0.15) is 54.3 Å². The summed E-state index contributed by atoms with van der Waals surface area (Å²) in [5, 5.41) is 0.752. The van der Waals surface area contributed by atoms with Crippen molar-refractivity contribution in [3.05, 3.63) is 10.6 Å². The molecule has 1 aromatic rings. The Balaban J connectivity index is 2.30. The first-order chi connectivity index (χ1) is 9.92. The summed E-state index contributed by atoms with van der Waals surface area (Å²) in [6, 6.07) is 0. The predicted molar refractivity (Wildman–Crippen MR) is 83.2 cm³/mol. The van der Waals surface area contributed by atoms with Crippen LogP contribution in [-0.2, 0) is 4.74 Å². The third-order valence-corrected chi connectivity index (χ3v) is 4.76. The van der Waals surface area contributed by atoms with Gasteiger partial charge in [-0.2, -0.15) is 0 Å². The average molecular weight is 310 g/mol. The van der Waals surface area contributed by atoms with Crippen LogP contribution in [0.25, 0.3) is 0 Å². The lowest BCUT2D eigenvalue weighted by Gasteiger charge is -2.34. The molecule has 5 nitrogen and oxygen atoms in total. The third kappa shape index (κ3) is 3.61. The molecule has 6 heteroatoms. The van der Waals surface area contributed by atoms with E-state index in [1.165, 1.54) is 24.7 Å². The summed E-state index contributed by atoms with van der Waals surface area (Å²) in [5.74, 6) is 0.525. The summed E-state index contributed by atoms with van der Waals surface area (Å²) in [6.07, 6.45) is 1.20. The molecule has 116 valence electrons. The van der Waals surface area contributed by atoms with Gasteiger partial charge < -0.3 is 9.64 Å². The lowest BCUT2D eigenvalue weighted by atomic mass is 9.92. The Kier molecular flexibility index (Phi) is 4.98. The second-order valence-electron chi connectivity index (χ2n) is 5.80. The molecular formula is C15H22N2O3S. The third-order valence-electron chi connectivity index (χ3n) is 3.54. The number of anilines is 1. The molecule has 1 saturated heterocycles. The van der Waals surface area contributed by atoms with Crippen molar-refractivity contribution in [2.75, 3.05) is 24.6 Å². The van der Waals surface area contributed by atoms with Crippen molar-refractivity contribution in [3.63, 3.8) is 0 Å². The van der Waals surface area contributed by atoms with E-state index in [2.05, 4.69) is 23.7 Å². The second-order valence-corrected chi connectivity index (χ2v) is 6.78. The highest BCUT2D eigenvalue weighted by atomic mass is 32.1. The van der Waals surface area contributed by atoms with Gasteiger partial charge in [-0.15, -0.1) is 0 Å². The van der Waals surface area contributed by atoms with Crippen LogP contribution in [0.15, 0.2) is 0 Å². The molecule has 1 aliphatic rings. The summed E-state index contributed by atoms with van der Waals surface area (Å²) in [7, 11) is 0. The van der Waals surface area contributed by atoms with Gasteiger partial charge in [-0.3, -0.25) is 4.79 Å². The molecule has 2 rings (SSSR count). The summed E-state index contributed by atoms with van der Waals surface area (Å²) >= 11 is 1.30. The topological polar surface area (TPSA) is 59.5 Å². The highest BCUT2D eigenvalue weighted by molar-refractivity contribution is 7.17. The van der Waals surface area contributed by atoms with Gasteiger partial charge in [-0.05, 0) is 25.2 Å². The van der Waals surface area contributed by atoms with Gasteiger partial charge in [0.1, 0.15) is 4.88 Å². The predicted octanol–water partition coefficient (Wildman–Crippen LogP) is 3.00. The Morgan fingerprint density at radius 2 is 1.95 bits per heavy atom. The van der Waals surface area contributed by atoms with E-state index in [0.29, 0.717) is 16.7 Å². The van der Waals surface area contributed by atoms with Gasteiger partial charge in [0.05, 0.1) is 6.61 Å². The van der Waals surface area contributed by atoms with Crippen molar-refractivity contribution in [1.82, 2.24) is 4.98 Å². The fourth-order valence-electron chi connectivity index (χ4n) is 2.84. The SMILES string of the molecule is CCOC(=O)c1nc(N2CC(C)CC(C)C2)sc1C(C)=O. The number of nitrogens with zero attached hydrogens (tertiary/aromatic N) is 2. The number of rotatable bonds is 4. The molecule has 0 bridgehead atoms. The van der Waals surface area contributed by atoms with Gasteiger partial charge in [-0.1, -0.05) is 25.2 Å². The van der Waals surface area contributed by atoms with E-state index in [1.54, 1.807) is 6.92 Å². The number of esters is 1. The summed E-state index contributed by atoms with van der Waals surface area (Å²) < 4.78 is 5.00. The van der Waals surface area contributed by atoms with Crippen LogP contribution in [-0.4, -0.2) is 36.4 Å². The van der Waals surface area contributed by atoms with E-state index in [4.69, 9.17) is 4.74 Å². The summed E-state index contributed by atoms with van der Waals surface area (Å²) in [6.45, 7) is 9.74. The monoisotopic (exact) mass is 310 g/mol. The van der Waals surface area contributed by atoms with Crippen molar-refractivity contribution in [1.29, 1.82) is 0 Å². The molecule has 1 aliphatic heterocycles. The maximum absolute atomic E-state index is 11.9. The zero-order chi connectivity index (χ0) is 15.6. The normalized spacial score (nSPS) is 22.2. The molecule has 0 amide bonds. The Morgan fingerprint density at radius 3 is 2.48 bits per heavy atom. The van der Waals surface area contributed by atoms with Gasteiger partial charge in [0.15, 0.2) is 16.6 Å². The minimum atomic E-state index is -0.511. The zero-order valence-corrected chi connectivity index (χ0v) is 13.8. The Labute approximate surface area is 129 Å². The molecule has 21 heavy (non-hydrogen) atoms. The highest BCUT2D eigenvalue weighted by Gasteiger charge is 2.28. The fourth-order valence-corrected chi connectivity index (χ4v) is 3.81. The van der Waals surface area contributed by atoms with Crippen LogP contribution < -0.4 is 4.90 Å². The van der Waals surface area contributed by atoms with Gasteiger partial charge in [0, 0.05) is 20.0 Å². The first-order valence-electron chi connectivity index (χ1n) is 7.36. The van der Waals surface area contributed by atoms with Gasteiger partial charge in [0.2, 0.25) is 0 Å². The number of carbonyl (C=O) groups is 2. The Hall–Kier alpha value is -1.43. The van der Waals surface area contributed by atoms with Crippen molar-refractivity contribution in [2.24, 2.45) is 11.8 Å². The van der Waals surface area contributed by atoms with Crippen LogP contribution in [0.3, 0.4) is 0 Å². The van der Waals surface area contributed by atoms with E-state index >= 15 is 0 Å². The van der Waals surface area contributed by atoms with Crippen LogP contribution in [0.5, 0.6) is 0 Å². The fraction of sp³-hybridized carbons (Fsp3) is 0.667. The van der Waals surface area contributed by atoms with Crippen LogP contribution in [0, 0.1) is 11.8 Å². The average Bonchev–Trinajstić information content (AvgIpc) is 2.83. The lowest BCUT2D eigenvalue weighted by molar-refractivity contribution is 0.0517. The molecule has 0 N–H and O–H groups in total. The minimum absolute atomic E-state index is 0.139. The van der Waals surface area contributed by atoms with Gasteiger partial charge in [0.25, 0.3) is 0 Å². The smallest absolute Gasteiger partial charge is 0.358 e. The maximum atomic E-state index is 11.9. The molecule has 2 atom stereocenters. The van der Waals surface area contributed by atoms with Crippen molar-refractivity contribution in [2.45, 2.75) is 34.1 Å². The lowest BCUT2D eigenvalue weighted by Crippen LogP contribution is -2.38. The number of aromatic nitrogens is 1. The largest absolute Gasteiger partial charge is 0.461 e. The maximum Gasteiger partial charge on any atom is 0.358 e. The van der Waals surface area contributed by atoms with Crippen LogP contribution in [0.4, 0.5) is 5.13 Å². The number of hydrogen-bond donors (Lipinski definition) is 0. The Bertz CT molecular complexity index is 531. The highest BCUT2D eigenvalue weighted by Crippen LogP contribution is 2.32. The number of thiazole rings is 1. The standard InChI is InChI=1S/C15H22N2O3S/c1-5-20-14(19)12-13(11(4)18)21-15(16-12)17-7-9(2)6-10(3)8-17/h9-10H,5-8H2,1-4H3. The van der Waals surface area contributed by atoms with Crippen molar-refractivity contribution in [3.8, 4) is 0 Å². The minimum Gasteiger partial charge on any atom is -0.461 e. The molecule has 0 radical (unpaired) electrons. The van der Waals surface area contributed by atoms with Crippen LogP contribution in [0.2, 0.25) is 0 Å². The molecule has 1 fully saturated rings. The quantitative estimate of drug-likeness (QED) is 0.632. The number of carbonyl (C=O) groups excluding carboxylic acids is 2.